The minimum absolute atomic E-state index is 0. The Kier molecular flexibility index (Phi) is 7.98. The van der Waals surface area contributed by atoms with Gasteiger partial charge in [0.05, 0.1) is 23.3 Å². The number of hydrogen-bond acceptors (Lipinski definition) is 6. The third kappa shape index (κ3) is 5.76. The number of ether oxygens (including phenoxy) is 1. The number of halogens is 1. The lowest BCUT2D eigenvalue weighted by Gasteiger charge is -2.29. The second-order valence-corrected chi connectivity index (χ2v) is 7.19. The highest BCUT2D eigenvalue weighted by molar-refractivity contribution is 7.99. The van der Waals surface area contributed by atoms with E-state index in [2.05, 4.69) is 5.32 Å². The van der Waals surface area contributed by atoms with Gasteiger partial charge in [0.25, 0.3) is 0 Å². The van der Waals surface area contributed by atoms with Crippen molar-refractivity contribution in [1.82, 2.24) is 5.32 Å². The molecular formula is C16H24ClN3O4S. The number of carbonyl (C=O) groups excluding carboxylic acids is 1. The number of rotatable bonds is 9. The molecule has 0 spiro atoms. The first-order chi connectivity index (χ1) is 11.4. The molecule has 1 aromatic rings. The maximum absolute atomic E-state index is 12.1. The van der Waals surface area contributed by atoms with Gasteiger partial charge in [-0.05, 0) is 37.3 Å². The molecule has 25 heavy (non-hydrogen) atoms. The first-order valence-corrected chi connectivity index (χ1v) is 8.95. The topological polar surface area (TPSA) is 107 Å². The summed E-state index contributed by atoms with van der Waals surface area (Å²) >= 11 is 1.42. The van der Waals surface area contributed by atoms with Crippen LogP contribution in [-0.4, -0.2) is 35.8 Å². The third-order valence-electron chi connectivity index (χ3n) is 4.27. The van der Waals surface area contributed by atoms with Crippen LogP contribution in [0.1, 0.15) is 25.3 Å². The summed E-state index contributed by atoms with van der Waals surface area (Å²) in [5.41, 5.74) is 6.18. The van der Waals surface area contributed by atoms with Gasteiger partial charge in [-0.15, -0.1) is 24.2 Å². The van der Waals surface area contributed by atoms with Crippen LogP contribution in [0.2, 0.25) is 0 Å². The van der Waals surface area contributed by atoms with E-state index in [1.54, 1.807) is 12.1 Å². The van der Waals surface area contributed by atoms with Crippen molar-refractivity contribution in [3.8, 4) is 5.75 Å². The first-order valence-electron chi connectivity index (χ1n) is 7.79. The fourth-order valence-corrected chi connectivity index (χ4v) is 3.40. The zero-order chi connectivity index (χ0) is 17.7. The lowest BCUT2D eigenvalue weighted by Crippen LogP contribution is -2.53. The van der Waals surface area contributed by atoms with Crippen LogP contribution in [0.4, 0.5) is 5.69 Å². The molecule has 1 amide bonds. The van der Waals surface area contributed by atoms with Crippen LogP contribution in [0, 0.1) is 16.0 Å². The van der Waals surface area contributed by atoms with E-state index in [1.165, 1.54) is 24.9 Å². The molecule has 0 saturated heterocycles. The zero-order valence-corrected chi connectivity index (χ0v) is 16.0. The molecule has 1 unspecified atom stereocenters. The lowest BCUT2D eigenvalue weighted by atomic mass is 9.96. The summed E-state index contributed by atoms with van der Waals surface area (Å²) in [5.74, 6) is 1.46. The maximum Gasteiger partial charge on any atom is 0.311 e. The van der Waals surface area contributed by atoms with Crippen LogP contribution >= 0.6 is 24.2 Å². The fraction of sp³-hybridized carbons (Fsp3) is 0.562. The average Bonchev–Trinajstić information content (AvgIpc) is 3.39. The Bertz CT molecular complexity index is 627. The van der Waals surface area contributed by atoms with Crippen molar-refractivity contribution in [1.29, 1.82) is 0 Å². The monoisotopic (exact) mass is 389 g/mol. The summed E-state index contributed by atoms with van der Waals surface area (Å²) < 4.78 is 4.98. The van der Waals surface area contributed by atoms with E-state index >= 15 is 0 Å². The van der Waals surface area contributed by atoms with Crippen LogP contribution in [0.3, 0.4) is 0 Å². The third-order valence-corrected chi connectivity index (χ3v) is 5.27. The molecule has 0 radical (unpaired) electrons. The van der Waals surface area contributed by atoms with Gasteiger partial charge in [-0.25, -0.2) is 0 Å². The van der Waals surface area contributed by atoms with E-state index < -0.39 is 4.92 Å². The summed E-state index contributed by atoms with van der Waals surface area (Å²) in [6.07, 6.45) is 2.22. The van der Waals surface area contributed by atoms with Gasteiger partial charge in [0.1, 0.15) is 0 Å². The van der Waals surface area contributed by atoms with E-state index in [-0.39, 0.29) is 35.3 Å². The van der Waals surface area contributed by atoms with Gasteiger partial charge in [0.15, 0.2) is 5.75 Å². The highest BCUT2D eigenvalue weighted by Gasteiger charge is 2.41. The molecule has 0 aromatic heterocycles. The standard InChI is InChI=1S/C16H23N3O4S.ClH/c1-16(10-17,12-4-5-12)18-15(20)9-24-8-11-3-6-14(23-2)13(7-11)19(21)22;/h3,6-7,12H,4-5,8-10,17H2,1-2H3,(H,18,20);1H. The second-order valence-electron chi connectivity index (χ2n) is 6.20. The number of benzene rings is 1. The first kappa shape index (κ1) is 21.5. The van der Waals surface area contributed by atoms with Crippen molar-refractivity contribution in [2.75, 3.05) is 19.4 Å². The molecule has 1 fully saturated rings. The number of nitrogens with two attached hydrogens (primary N) is 1. The highest BCUT2D eigenvalue weighted by atomic mass is 35.5. The minimum Gasteiger partial charge on any atom is -0.490 e. The van der Waals surface area contributed by atoms with Crippen molar-refractivity contribution in [3.63, 3.8) is 0 Å². The lowest BCUT2D eigenvalue weighted by molar-refractivity contribution is -0.385. The number of hydrogen-bond donors (Lipinski definition) is 2. The molecule has 3 N–H and O–H groups in total. The number of nitrogens with one attached hydrogen (secondary N) is 1. The molecular weight excluding hydrogens is 366 g/mol. The summed E-state index contributed by atoms with van der Waals surface area (Å²) in [7, 11) is 1.40. The Morgan fingerprint density at radius 2 is 2.20 bits per heavy atom. The summed E-state index contributed by atoms with van der Waals surface area (Å²) in [4.78, 5) is 22.6. The number of nitro groups is 1. The zero-order valence-electron chi connectivity index (χ0n) is 14.3. The van der Waals surface area contributed by atoms with Crippen molar-refractivity contribution >= 4 is 35.8 Å². The van der Waals surface area contributed by atoms with Crippen LogP contribution in [0.25, 0.3) is 0 Å². The number of nitrogens with zero attached hydrogens (tertiary/aromatic N) is 1. The summed E-state index contributed by atoms with van der Waals surface area (Å²) in [6, 6.07) is 4.83. The molecule has 1 aliphatic rings. The molecule has 9 heteroatoms. The number of methoxy groups -OCH3 is 1. The Morgan fingerprint density at radius 1 is 1.52 bits per heavy atom. The van der Waals surface area contributed by atoms with E-state index in [9.17, 15) is 14.9 Å². The molecule has 2 rings (SSSR count). The van der Waals surface area contributed by atoms with Gasteiger partial charge in [0, 0.05) is 18.4 Å². The molecule has 7 nitrogen and oxygen atoms in total. The molecule has 1 aromatic carbocycles. The molecule has 0 heterocycles. The van der Waals surface area contributed by atoms with Crippen molar-refractivity contribution in [2.24, 2.45) is 11.7 Å². The van der Waals surface area contributed by atoms with Gasteiger partial charge < -0.3 is 15.8 Å². The molecule has 1 saturated carbocycles. The Labute approximate surface area is 157 Å². The van der Waals surface area contributed by atoms with Crippen molar-refractivity contribution in [3.05, 3.63) is 33.9 Å². The van der Waals surface area contributed by atoms with Gasteiger partial charge in [0.2, 0.25) is 5.91 Å². The SMILES string of the molecule is COc1ccc(CSCC(=O)NC(C)(CN)C2CC2)cc1[N+](=O)[O-].Cl. The predicted molar refractivity (Wildman–Crippen MR) is 101 cm³/mol. The maximum atomic E-state index is 12.1. The van der Waals surface area contributed by atoms with E-state index in [0.717, 1.165) is 18.4 Å². The van der Waals surface area contributed by atoms with E-state index in [0.29, 0.717) is 24.0 Å². The molecule has 1 aliphatic carbocycles. The smallest absolute Gasteiger partial charge is 0.311 e. The van der Waals surface area contributed by atoms with Crippen molar-refractivity contribution < 1.29 is 14.5 Å². The fourth-order valence-electron chi connectivity index (χ4n) is 2.62. The second kappa shape index (κ2) is 9.26. The molecule has 1 atom stereocenters. The number of nitro benzene ring substituents is 1. The normalized spacial score (nSPS) is 15.6. The summed E-state index contributed by atoms with van der Waals surface area (Å²) in [5, 5.41) is 14.0. The summed E-state index contributed by atoms with van der Waals surface area (Å²) in [6.45, 7) is 2.42. The number of carbonyl (C=O) groups is 1. The molecule has 0 aliphatic heterocycles. The van der Waals surface area contributed by atoms with Crippen molar-refractivity contribution in [2.45, 2.75) is 31.1 Å². The van der Waals surface area contributed by atoms with Gasteiger partial charge in [-0.3, -0.25) is 14.9 Å². The highest BCUT2D eigenvalue weighted by Crippen LogP contribution is 2.39. The number of thioether (sulfide) groups is 1. The Hall–Kier alpha value is -1.51. The van der Waals surface area contributed by atoms with Gasteiger partial charge >= 0.3 is 5.69 Å². The van der Waals surface area contributed by atoms with E-state index in [1.807, 2.05) is 6.92 Å². The van der Waals surface area contributed by atoms with Crippen LogP contribution in [0.5, 0.6) is 5.75 Å². The number of amides is 1. The van der Waals surface area contributed by atoms with E-state index in [4.69, 9.17) is 10.5 Å². The van der Waals surface area contributed by atoms with Gasteiger partial charge in [-0.1, -0.05) is 6.07 Å². The molecule has 0 bridgehead atoms. The van der Waals surface area contributed by atoms with Crippen LogP contribution in [0.15, 0.2) is 18.2 Å². The minimum atomic E-state index is -0.470. The largest absolute Gasteiger partial charge is 0.490 e. The Morgan fingerprint density at radius 3 is 2.72 bits per heavy atom. The van der Waals surface area contributed by atoms with Crippen LogP contribution in [-0.2, 0) is 10.5 Å². The average molecular weight is 390 g/mol. The quantitative estimate of drug-likeness (QED) is 0.496. The Balaban J connectivity index is 0.00000312. The van der Waals surface area contributed by atoms with Crippen LogP contribution < -0.4 is 15.8 Å². The van der Waals surface area contributed by atoms with Gasteiger partial charge in [-0.2, -0.15) is 0 Å². The molecule has 140 valence electrons. The predicted octanol–water partition coefficient (Wildman–Crippen LogP) is 2.50.